The molecule has 2 aromatic rings. The Morgan fingerprint density at radius 2 is 1.71 bits per heavy atom. The fourth-order valence-corrected chi connectivity index (χ4v) is 5.25. The van der Waals surface area contributed by atoms with Gasteiger partial charge in [-0.2, -0.15) is 0 Å². The van der Waals surface area contributed by atoms with Gasteiger partial charge in [0.1, 0.15) is 0 Å². The molecule has 1 amide bonds. The third-order valence-corrected chi connectivity index (χ3v) is 7.26. The molecule has 0 saturated carbocycles. The summed E-state index contributed by atoms with van der Waals surface area (Å²) in [6.45, 7) is 9.17. The van der Waals surface area contributed by atoms with Gasteiger partial charge in [0, 0.05) is 17.3 Å². The van der Waals surface area contributed by atoms with Gasteiger partial charge in [-0.25, -0.2) is 8.42 Å². The summed E-state index contributed by atoms with van der Waals surface area (Å²) in [5.41, 5.74) is 3.89. The van der Waals surface area contributed by atoms with Gasteiger partial charge in [-0.15, -0.1) is 6.58 Å². The number of rotatable bonds is 6. The Labute approximate surface area is 183 Å². The highest BCUT2D eigenvalue weighted by atomic mass is 32.2. The second kappa shape index (κ2) is 8.47. The maximum absolute atomic E-state index is 13.5. The lowest BCUT2D eigenvalue weighted by molar-refractivity contribution is -0.112. The van der Waals surface area contributed by atoms with Gasteiger partial charge in [0.15, 0.2) is 16.4 Å². The molecule has 0 aromatic heterocycles. The lowest BCUT2D eigenvalue weighted by atomic mass is 10.0. The van der Waals surface area contributed by atoms with Crippen molar-refractivity contribution in [2.75, 3.05) is 30.4 Å². The number of hydrogen-bond donors (Lipinski definition) is 1. The lowest BCUT2D eigenvalue weighted by Crippen LogP contribution is -2.39. The van der Waals surface area contributed by atoms with Crippen molar-refractivity contribution in [1.82, 2.24) is 0 Å². The van der Waals surface area contributed by atoms with Crippen LogP contribution in [0.25, 0.3) is 5.57 Å². The van der Waals surface area contributed by atoms with Crippen LogP contribution in [0.2, 0.25) is 0 Å². The third-order valence-electron chi connectivity index (χ3n) is 5.33. The molecule has 0 bridgehead atoms. The molecule has 0 aliphatic carbocycles. The first-order chi connectivity index (χ1) is 14.6. The molecule has 164 valence electrons. The zero-order valence-electron chi connectivity index (χ0n) is 18.3. The first-order valence-corrected chi connectivity index (χ1v) is 11.1. The topological polar surface area (TPSA) is 84.9 Å². The van der Waals surface area contributed by atoms with Crippen molar-refractivity contribution in [2.45, 2.75) is 20.8 Å². The fourth-order valence-electron chi connectivity index (χ4n) is 3.54. The number of carbonyl (C=O) groups is 1. The van der Waals surface area contributed by atoms with Gasteiger partial charge in [-0.1, -0.05) is 12.1 Å². The molecule has 1 heterocycles. The van der Waals surface area contributed by atoms with E-state index < -0.39 is 15.9 Å². The van der Waals surface area contributed by atoms with E-state index in [0.29, 0.717) is 34.0 Å². The second-order valence-corrected chi connectivity index (χ2v) is 9.06. The van der Waals surface area contributed by atoms with E-state index in [-0.39, 0.29) is 11.4 Å². The number of aryl methyl sites for hydroxylation is 2. The Morgan fingerprint density at radius 3 is 2.29 bits per heavy atom. The second-order valence-electron chi connectivity index (χ2n) is 7.26. The molecule has 7 nitrogen and oxygen atoms in total. The summed E-state index contributed by atoms with van der Waals surface area (Å²) in [6.07, 6.45) is 1.47. The summed E-state index contributed by atoms with van der Waals surface area (Å²) < 4.78 is 38.8. The smallest absolute Gasteiger partial charge is 0.270 e. The number of amides is 1. The summed E-state index contributed by atoms with van der Waals surface area (Å²) in [5.74, 6) is 0.129. The molecular weight excluding hydrogens is 416 g/mol. The molecular formula is C23H26N2O5S. The minimum absolute atomic E-state index is 0.00147. The molecule has 0 fully saturated rings. The van der Waals surface area contributed by atoms with Crippen LogP contribution in [0.4, 0.5) is 11.4 Å². The molecule has 1 N–H and O–H groups in total. The van der Waals surface area contributed by atoms with Crippen LogP contribution >= 0.6 is 0 Å². The van der Waals surface area contributed by atoms with Gasteiger partial charge < -0.3 is 14.8 Å². The largest absolute Gasteiger partial charge is 0.493 e. The molecule has 0 spiro atoms. The van der Waals surface area contributed by atoms with E-state index >= 15 is 0 Å². The molecule has 0 atom stereocenters. The van der Waals surface area contributed by atoms with Crippen molar-refractivity contribution in [1.29, 1.82) is 0 Å². The van der Waals surface area contributed by atoms with Crippen molar-refractivity contribution in [2.24, 2.45) is 0 Å². The number of methoxy groups -OCH3 is 2. The molecule has 3 rings (SSSR count). The van der Waals surface area contributed by atoms with Crippen LogP contribution in [-0.4, -0.2) is 35.1 Å². The average molecular weight is 443 g/mol. The fraction of sp³-hybridized carbons (Fsp3) is 0.261. The van der Waals surface area contributed by atoms with Crippen molar-refractivity contribution in [3.8, 4) is 11.5 Å². The predicted octanol–water partition coefficient (Wildman–Crippen LogP) is 4.03. The van der Waals surface area contributed by atoms with Crippen LogP contribution < -0.4 is 19.1 Å². The van der Waals surface area contributed by atoms with E-state index in [1.165, 1.54) is 20.3 Å². The summed E-state index contributed by atoms with van der Waals surface area (Å²) in [6, 6.07) is 8.70. The summed E-state index contributed by atoms with van der Waals surface area (Å²) in [5, 5.41) is 2.73. The molecule has 2 aromatic carbocycles. The number of fused-ring (bicyclic) bond motifs is 1. The minimum atomic E-state index is -4.14. The molecule has 0 unspecified atom stereocenters. The Kier molecular flexibility index (Phi) is 6.13. The van der Waals surface area contributed by atoms with Gasteiger partial charge >= 0.3 is 0 Å². The van der Waals surface area contributed by atoms with E-state index in [4.69, 9.17) is 9.47 Å². The van der Waals surface area contributed by atoms with Gasteiger partial charge in [0.2, 0.25) is 0 Å². The van der Waals surface area contributed by atoms with Crippen LogP contribution in [0.15, 0.2) is 47.9 Å². The van der Waals surface area contributed by atoms with Crippen LogP contribution in [0, 0.1) is 13.8 Å². The number of allylic oxidation sites excluding steroid dienone is 1. The maximum Gasteiger partial charge on any atom is 0.270 e. The van der Waals surface area contributed by atoms with Gasteiger partial charge in [0.25, 0.3) is 15.9 Å². The Balaban J connectivity index is 2.19. The predicted molar refractivity (Wildman–Crippen MR) is 123 cm³/mol. The molecule has 8 heteroatoms. The summed E-state index contributed by atoms with van der Waals surface area (Å²) in [7, 11) is -1.16. The van der Waals surface area contributed by atoms with Crippen LogP contribution in [0.3, 0.4) is 0 Å². The van der Waals surface area contributed by atoms with E-state index in [1.54, 1.807) is 25.1 Å². The average Bonchev–Trinajstić information content (AvgIpc) is 2.72. The van der Waals surface area contributed by atoms with E-state index in [1.807, 2.05) is 26.0 Å². The van der Waals surface area contributed by atoms with Gasteiger partial charge in [-0.05, 0) is 55.7 Å². The van der Waals surface area contributed by atoms with Gasteiger partial charge in [-0.3, -0.25) is 9.10 Å². The monoisotopic (exact) mass is 442 g/mol. The molecule has 31 heavy (non-hydrogen) atoms. The number of nitrogens with zero attached hydrogens (tertiary/aromatic N) is 1. The lowest BCUT2D eigenvalue weighted by Gasteiger charge is -2.32. The highest BCUT2D eigenvalue weighted by molar-refractivity contribution is 7.97. The number of carbonyl (C=O) groups excluding carboxylic acids is 1. The van der Waals surface area contributed by atoms with Crippen LogP contribution in [0.1, 0.15) is 23.6 Å². The highest BCUT2D eigenvalue weighted by Gasteiger charge is 2.40. The normalized spacial score (nSPS) is 14.7. The molecule has 1 aliphatic rings. The van der Waals surface area contributed by atoms with E-state index in [9.17, 15) is 13.2 Å². The number of hydrogen-bond acceptors (Lipinski definition) is 5. The van der Waals surface area contributed by atoms with Crippen molar-refractivity contribution in [3.63, 3.8) is 0 Å². The van der Waals surface area contributed by atoms with Gasteiger partial charge in [0.05, 0.1) is 26.5 Å². The van der Waals surface area contributed by atoms with Crippen molar-refractivity contribution >= 4 is 32.9 Å². The standard InChI is InChI=1S/C23H26N2O5S/c1-7-10-25-19-13-21(30-6)20(29-5)12-18(19)16(4)22(31(25,27)28)23(26)24-17-9-8-14(2)15(3)11-17/h7-9,11-13H,1,10H2,2-6H3,(H,24,26). The third kappa shape index (κ3) is 3.90. The summed E-state index contributed by atoms with van der Waals surface area (Å²) in [4.78, 5) is 12.9. The SMILES string of the molecule is C=CCN1c2cc(OC)c(OC)cc2C(C)=C(C(=O)Nc2ccc(C)c(C)c2)S1(=O)=O. The quantitative estimate of drug-likeness (QED) is 0.683. The number of nitrogens with one attached hydrogen (secondary N) is 1. The number of sulfonamides is 1. The Bertz CT molecular complexity index is 1200. The zero-order chi connectivity index (χ0) is 22.9. The zero-order valence-corrected chi connectivity index (χ0v) is 19.1. The van der Waals surface area contributed by atoms with E-state index in [2.05, 4.69) is 11.9 Å². The number of ether oxygens (including phenoxy) is 2. The van der Waals surface area contributed by atoms with Crippen molar-refractivity contribution in [3.05, 3.63) is 64.6 Å². The number of benzene rings is 2. The van der Waals surface area contributed by atoms with Crippen molar-refractivity contribution < 1.29 is 22.7 Å². The Morgan fingerprint density at radius 1 is 1.06 bits per heavy atom. The van der Waals surface area contributed by atoms with Crippen LogP contribution in [-0.2, 0) is 14.8 Å². The Hall–Kier alpha value is -3.26. The molecule has 1 aliphatic heterocycles. The summed E-state index contributed by atoms with van der Waals surface area (Å²) >= 11 is 0. The first kappa shape index (κ1) is 22.4. The molecule has 0 saturated heterocycles. The van der Waals surface area contributed by atoms with Crippen LogP contribution in [0.5, 0.6) is 11.5 Å². The molecule has 0 radical (unpaired) electrons. The highest BCUT2D eigenvalue weighted by Crippen LogP contribution is 2.45. The maximum atomic E-state index is 13.5. The van der Waals surface area contributed by atoms with E-state index in [0.717, 1.165) is 15.4 Å². The minimum Gasteiger partial charge on any atom is -0.493 e. The first-order valence-electron chi connectivity index (χ1n) is 9.65. The number of anilines is 2.